The van der Waals surface area contributed by atoms with E-state index < -0.39 is 0 Å². The molecule has 0 radical (unpaired) electrons. The molecule has 1 aliphatic heterocycles. The van der Waals surface area contributed by atoms with Crippen molar-refractivity contribution in [1.82, 2.24) is 4.90 Å². The van der Waals surface area contributed by atoms with E-state index in [1.807, 2.05) is 24.3 Å². The molecule has 3 rings (SSSR count). The number of rotatable bonds is 3. The van der Waals surface area contributed by atoms with Gasteiger partial charge in [-0.05, 0) is 30.5 Å². The van der Waals surface area contributed by atoms with Crippen molar-refractivity contribution in [1.29, 1.82) is 0 Å². The van der Waals surface area contributed by atoms with Crippen molar-refractivity contribution in [2.75, 3.05) is 20.3 Å². The van der Waals surface area contributed by atoms with Crippen LogP contribution in [0.5, 0.6) is 5.75 Å². The highest BCUT2D eigenvalue weighted by Crippen LogP contribution is 2.29. The molecule has 1 saturated heterocycles. The first-order chi connectivity index (χ1) is 10.3. The first-order valence-corrected chi connectivity index (χ1v) is 7.82. The molecule has 2 aliphatic rings. The van der Waals surface area contributed by atoms with Crippen LogP contribution in [0.1, 0.15) is 31.2 Å². The van der Waals surface area contributed by atoms with Gasteiger partial charge in [0.1, 0.15) is 5.75 Å². The molecule has 1 aliphatic carbocycles. The maximum absolute atomic E-state index is 12.6. The van der Waals surface area contributed by atoms with Crippen LogP contribution in [0.3, 0.4) is 0 Å². The molecule has 1 aromatic carbocycles. The summed E-state index contributed by atoms with van der Waals surface area (Å²) in [6.07, 6.45) is 5.33. The van der Waals surface area contributed by atoms with Crippen molar-refractivity contribution in [3.05, 3.63) is 29.8 Å². The fourth-order valence-electron chi connectivity index (χ4n) is 3.43. The minimum atomic E-state index is 0.223. The lowest BCUT2D eigenvalue weighted by Gasteiger charge is -2.43. The Labute approximate surface area is 126 Å². The number of fused-ring (bicyclic) bond motifs is 1. The summed E-state index contributed by atoms with van der Waals surface area (Å²) in [4.78, 5) is 14.7. The lowest BCUT2D eigenvalue weighted by Crippen LogP contribution is -2.55. The SMILES string of the molecule is COc1ccc(CC(=O)N2CCOC3CCCCC32)cc1. The van der Waals surface area contributed by atoms with E-state index in [4.69, 9.17) is 9.47 Å². The fourth-order valence-corrected chi connectivity index (χ4v) is 3.43. The summed E-state index contributed by atoms with van der Waals surface area (Å²) in [6, 6.07) is 8.04. The van der Waals surface area contributed by atoms with Crippen LogP contribution in [0.25, 0.3) is 0 Å². The molecular weight excluding hydrogens is 266 g/mol. The van der Waals surface area contributed by atoms with Gasteiger partial charge < -0.3 is 14.4 Å². The van der Waals surface area contributed by atoms with Crippen LogP contribution in [0.15, 0.2) is 24.3 Å². The molecule has 1 amide bonds. The molecule has 4 heteroatoms. The molecule has 21 heavy (non-hydrogen) atoms. The van der Waals surface area contributed by atoms with Crippen LogP contribution in [0, 0.1) is 0 Å². The Morgan fingerprint density at radius 1 is 1.29 bits per heavy atom. The van der Waals surface area contributed by atoms with Crippen molar-refractivity contribution in [2.24, 2.45) is 0 Å². The number of hydrogen-bond acceptors (Lipinski definition) is 3. The first-order valence-electron chi connectivity index (χ1n) is 7.82. The number of nitrogens with zero attached hydrogens (tertiary/aromatic N) is 1. The van der Waals surface area contributed by atoms with Gasteiger partial charge in [0.05, 0.1) is 32.3 Å². The number of benzene rings is 1. The standard InChI is InChI=1S/C17H23NO3/c1-20-14-8-6-13(7-9-14)12-17(19)18-10-11-21-16-5-3-2-4-15(16)18/h6-9,15-16H,2-5,10-12H2,1H3. The number of ether oxygens (including phenoxy) is 2. The van der Waals surface area contributed by atoms with Crippen LogP contribution < -0.4 is 4.74 Å². The van der Waals surface area contributed by atoms with E-state index in [-0.39, 0.29) is 12.0 Å². The predicted molar refractivity (Wildman–Crippen MR) is 80.4 cm³/mol. The molecule has 2 unspecified atom stereocenters. The average molecular weight is 289 g/mol. The molecule has 114 valence electrons. The monoisotopic (exact) mass is 289 g/mol. The Hall–Kier alpha value is -1.55. The topological polar surface area (TPSA) is 38.8 Å². The quantitative estimate of drug-likeness (QED) is 0.857. The number of hydrogen-bond donors (Lipinski definition) is 0. The third-order valence-corrected chi connectivity index (χ3v) is 4.57. The van der Waals surface area contributed by atoms with Gasteiger partial charge in [-0.1, -0.05) is 25.0 Å². The second kappa shape index (κ2) is 6.48. The van der Waals surface area contributed by atoms with Gasteiger partial charge in [0.2, 0.25) is 5.91 Å². The van der Waals surface area contributed by atoms with Gasteiger partial charge in [0.25, 0.3) is 0 Å². The van der Waals surface area contributed by atoms with Crippen LogP contribution in [0.2, 0.25) is 0 Å². The number of carbonyl (C=O) groups excluding carboxylic acids is 1. The van der Waals surface area contributed by atoms with Gasteiger partial charge in [-0.25, -0.2) is 0 Å². The normalized spacial score (nSPS) is 25.3. The van der Waals surface area contributed by atoms with E-state index in [0.29, 0.717) is 19.1 Å². The van der Waals surface area contributed by atoms with E-state index in [1.54, 1.807) is 7.11 Å². The van der Waals surface area contributed by atoms with Crippen molar-refractivity contribution in [3.8, 4) is 5.75 Å². The second-order valence-corrected chi connectivity index (χ2v) is 5.87. The zero-order valence-corrected chi connectivity index (χ0v) is 12.6. The van der Waals surface area contributed by atoms with Gasteiger partial charge in [-0.15, -0.1) is 0 Å². The largest absolute Gasteiger partial charge is 0.497 e. The average Bonchev–Trinajstić information content (AvgIpc) is 2.55. The predicted octanol–water partition coefficient (Wildman–Crippen LogP) is 2.41. The number of morpholine rings is 1. The summed E-state index contributed by atoms with van der Waals surface area (Å²) in [7, 11) is 1.65. The molecule has 1 aromatic rings. The lowest BCUT2D eigenvalue weighted by molar-refractivity contribution is -0.148. The summed E-state index contributed by atoms with van der Waals surface area (Å²) < 4.78 is 11.0. The van der Waals surface area contributed by atoms with Crippen molar-refractivity contribution >= 4 is 5.91 Å². The van der Waals surface area contributed by atoms with Crippen LogP contribution >= 0.6 is 0 Å². The Kier molecular flexibility index (Phi) is 4.44. The highest BCUT2D eigenvalue weighted by Gasteiger charge is 2.36. The Morgan fingerprint density at radius 2 is 2.05 bits per heavy atom. The molecule has 4 nitrogen and oxygen atoms in total. The van der Waals surface area contributed by atoms with Crippen molar-refractivity contribution < 1.29 is 14.3 Å². The molecule has 0 spiro atoms. The van der Waals surface area contributed by atoms with Crippen LogP contribution in [-0.4, -0.2) is 43.2 Å². The molecule has 0 aromatic heterocycles. The molecule has 1 heterocycles. The Bertz CT molecular complexity index is 483. The Balaban J connectivity index is 1.65. The van der Waals surface area contributed by atoms with E-state index in [9.17, 15) is 4.79 Å². The number of methoxy groups -OCH3 is 1. The molecule has 1 saturated carbocycles. The van der Waals surface area contributed by atoms with Gasteiger partial charge in [0, 0.05) is 6.54 Å². The zero-order chi connectivity index (χ0) is 14.7. The fraction of sp³-hybridized carbons (Fsp3) is 0.588. The van der Waals surface area contributed by atoms with E-state index in [0.717, 1.165) is 30.7 Å². The Morgan fingerprint density at radius 3 is 2.81 bits per heavy atom. The zero-order valence-electron chi connectivity index (χ0n) is 12.6. The number of carbonyl (C=O) groups is 1. The smallest absolute Gasteiger partial charge is 0.227 e. The summed E-state index contributed by atoms with van der Waals surface area (Å²) in [5.74, 6) is 1.05. The van der Waals surface area contributed by atoms with Gasteiger partial charge in [0.15, 0.2) is 0 Å². The summed E-state index contributed by atoms with van der Waals surface area (Å²) in [6.45, 7) is 1.41. The minimum absolute atomic E-state index is 0.223. The molecule has 0 bridgehead atoms. The highest BCUT2D eigenvalue weighted by molar-refractivity contribution is 5.79. The molecule has 2 atom stereocenters. The van der Waals surface area contributed by atoms with Gasteiger partial charge in [-0.2, -0.15) is 0 Å². The van der Waals surface area contributed by atoms with E-state index in [1.165, 1.54) is 12.8 Å². The minimum Gasteiger partial charge on any atom is -0.497 e. The van der Waals surface area contributed by atoms with E-state index in [2.05, 4.69) is 4.90 Å². The first kappa shape index (κ1) is 14.4. The van der Waals surface area contributed by atoms with E-state index >= 15 is 0 Å². The molecule has 0 N–H and O–H groups in total. The van der Waals surface area contributed by atoms with Gasteiger partial charge in [-0.3, -0.25) is 4.79 Å². The highest BCUT2D eigenvalue weighted by atomic mass is 16.5. The van der Waals surface area contributed by atoms with Crippen LogP contribution in [0.4, 0.5) is 0 Å². The maximum atomic E-state index is 12.6. The summed E-state index contributed by atoms with van der Waals surface area (Å²) >= 11 is 0. The maximum Gasteiger partial charge on any atom is 0.227 e. The number of amides is 1. The van der Waals surface area contributed by atoms with Crippen molar-refractivity contribution in [3.63, 3.8) is 0 Å². The molecular formula is C17H23NO3. The summed E-state index contributed by atoms with van der Waals surface area (Å²) in [5.41, 5.74) is 1.04. The van der Waals surface area contributed by atoms with Gasteiger partial charge >= 0.3 is 0 Å². The third-order valence-electron chi connectivity index (χ3n) is 4.57. The second-order valence-electron chi connectivity index (χ2n) is 5.87. The third kappa shape index (κ3) is 3.21. The molecule has 2 fully saturated rings. The van der Waals surface area contributed by atoms with Crippen LogP contribution in [-0.2, 0) is 16.0 Å². The summed E-state index contributed by atoms with van der Waals surface area (Å²) in [5, 5.41) is 0. The van der Waals surface area contributed by atoms with Crippen molar-refractivity contribution in [2.45, 2.75) is 44.2 Å². The lowest BCUT2D eigenvalue weighted by atomic mass is 9.90.